The van der Waals surface area contributed by atoms with E-state index in [-0.39, 0.29) is 25.6 Å². The molecule has 0 unspecified atom stereocenters. The van der Waals surface area contributed by atoms with Gasteiger partial charge >= 0.3 is 5.97 Å². The lowest BCUT2D eigenvalue weighted by molar-refractivity contribution is -0.142. The van der Waals surface area contributed by atoms with Gasteiger partial charge < -0.3 is 15.2 Å². The second-order valence-corrected chi connectivity index (χ2v) is 3.56. The Labute approximate surface area is 104 Å². The van der Waals surface area contributed by atoms with E-state index in [0.717, 1.165) is 12.8 Å². The number of aromatic amines is 1. The molecule has 0 radical (unpaired) electrons. The number of carboxylic acids is 1. The van der Waals surface area contributed by atoms with Crippen LogP contribution in [0.5, 0.6) is 0 Å². The fourth-order valence-corrected chi connectivity index (χ4v) is 1.22. The van der Waals surface area contributed by atoms with Crippen LogP contribution in [0.1, 0.15) is 29.8 Å². The monoisotopic (exact) mass is 256 g/mol. The zero-order chi connectivity index (χ0) is 13.4. The van der Waals surface area contributed by atoms with Crippen LogP contribution in [0.25, 0.3) is 0 Å². The Morgan fingerprint density at radius 2 is 2.28 bits per heavy atom. The average Bonchev–Trinajstić information content (AvgIpc) is 2.77. The molecule has 1 aromatic heterocycles. The van der Waals surface area contributed by atoms with Crippen molar-refractivity contribution >= 4 is 11.9 Å². The predicted molar refractivity (Wildman–Crippen MR) is 61.2 cm³/mol. The summed E-state index contributed by atoms with van der Waals surface area (Å²) in [7, 11) is 0. The molecule has 100 valence electrons. The maximum Gasteiger partial charge on any atom is 0.329 e. The highest BCUT2D eigenvalue weighted by atomic mass is 16.5. The smallest absolute Gasteiger partial charge is 0.329 e. The first-order valence-corrected chi connectivity index (χ1v) is 5.62. The molecule has 18 heavy (non-hydrogen) atoms. The van der Waals surface area contributed by atoms with Gasteiger partial charge in [-0.05, 0) is 6.42 Å². The highest BCUT2D eigenvalue weighted by Crippen LogP contribution is 1.96. The minimum Gasteiger partial charge on any atom is -0.480 e. The van der Waals surface area contributed by atoms with Gasteiger partial charge in [0.05, 0.1) is 6.61 Å². The van der Waals surface area contributed by atoms with E-state index in [2.05, 4.69) is 20.5 Å². The SMILES string of the molecule is CCCc1nc(C(=O)NCCOCC(=O)O)n[nH]1. The number of amides is 1. The van der Waals surface area contributed by atoms with Crippen molar-refractivity contribution in [2.45, 2.75) is 19.8 Å². The molecule has 0 spiro atoms. The molecule has 1 heterocycles. The van der Waals surface area contributed by atoms with Crippen molar-refractivity contribution in [3.63, 3.8) is 0 Å². The van der Waals surface area contributed by atoms with Crippen LogP contribution in [0.3, 0.4) is 0 Å². The van der Waals surface area contributed by atoms with Crippen LogP contribution < -0.4 is 5.32 Å². The summed E-state index contributed by atoms with van der Waals surface area (Å²) in [4.78, 5) is 25.7. The van der Waals surface area contributed by atoms with Gasteiger partial charge in [0, 0.05) is 13.0 Å². The Morgan fingerprint density at radius 3 is 2.94 bits per heavy atom. The fourth-order valence-electron chi connectivity index (χ4n) is 1.22. The van der Waals surface area contributed by atoms with Gasteiger partial charge in [0.1, 0.15) is 12.4 Å². The first-order valence-electron chi connectivity index (χ1n) is 5.62. The maximum absolute atomic E-state index is 11.5. The molecule has 1 amide bonds. The number of carbonyl (C=O) groups excluding carboxylic acids is 1. The van der Waals surface area contributed by atoms with Crippen LogP contribution in [-0.2, 0) is 16.0 Å². The summed E-state index contributed by atoms with van der Waals surface area (Å²) in [6, 6.07) is 0. The van der Waals surface area contributed by atoms with Crippen LogP contribution >= 0.6 is 0 Å². The third-order valence-corrected chi connectivity index (χ3v) is 1.98. The predicted octanol–water partition coefficient (Wildman–Crippen LogP) is -0.412. The number of aryl methyl sites for hydroxylation is 1. The number of hydrogen-bond acceptors (Lipinski definition) is 5. The summed E-state index contributed by atoms with van der Waals surface area (Å²) in [5.74, 6) is -0.700. The van der Waals surface area contributed by atoms with Crippen LogP contribution in [0.4, 0.5) is 0 Å². The van der Waals surface area contributed by atoms with E-state index in [0.29, 0.717) is 5.82 Å². The molecule has 0 aromatic carbocycles. The third kappa shape index (κ3) is 4.91. The normalized spacial score (nSPS) is 10.3. The first kappa shape index (κ1) is 14.1. The number of aromatic nitrogens is 3. The highest BCUT2D eigenvalue weighted by Gasteiger charge is 2.11. The number of carbonyl (C=O) groups is 2. The van der Waals surface area contributed by atoms with Gasteiger partial charge in [-0.3, -0.25) is 9.89 Å². The Hall–Kier alpha value is -1.96. The van der Waals surface area contributed by atoms with Crippen molar-refractivity contribution < 1.29 is 19.4 Å². The van der Waals surface area contributed by atoms with Crippen molar-refractivity contribution in [1.82, 2.24) is 20.5 Å². The van der Waals surface area contributed by atoms with Crippen molar-refractivity contribution in [3.8, 4) is 0 Å². The van der Waals surface area contributed by atoms with Crippen LogP contribution in [0.15, 0.2) is 0 Å². The molecule has 1 aromatic rings. The van der Waals surface area contributed by atoms with Crippen molar-refractivity contribution in [2.24, 2.45) is 0 Å². The molecule has 0 saturated carbocycles. The largest absolute Gasteiger partial charge is 0.480 e. The Balaban J connectivity index is 2.25. The summed E-state index contributed by atoms with van der Waals surface area (Å²) in [6.07, 6.45) is 1.65. The van der Waals surface area contributed by atoms with E-state index in [1.807, 2.05) is 6.92 Å². The highest BCUT2D eigenvalue weighted by molar-refractivity contribution is 5.90. The molecular weight excluding hydrogens is 240 g/mol. The molecule has 8 heteroatoms. The number of H-pyrrole nitrogens is 1. The molecule has 0 aliphatic rings. The van der Waals surface area contributed by atoms with Gasteiger partial charge in [-0.25, -0.2) is 9.78 Å². The molecule has 1 rings (SSSR count). The lowest BCUT2D eigenvalue weighted by Crippen LogP contribution is -2.28. The number of aliphatic carboxylic acids is 1. The molecule has 0 aliphatic carbocycles. The van der Waals surface area contributed by atoms with Crippen LogP contribution in [0.2, 0.25) is 0 Å². The molecule has 0 aliphatic heterocycles. The zero-order valence-electron chi connectivity index (χ0n) is 10.1. The number of rotatable bonds is 8. The summed E-state index contributed by atoms with van der Waals surface area (Å²) >= 11 is 0. The van der Waals surface area contributed by atoms with Crippen molar-refractivity contribution in [3.05, 3.63) is 11.6 Å². The second-order valence-electron chi connectivity index (χ2n) is 3.56. The van der Waals surface area contributed by atoms with Gasteiger partial charge in [-0.15, -0.1) is 5.10 Å². The molecule has 3 N–H and O–H groups in total. The number of hydrogen-bond donors (Lipinski definition) is 3. The minimum atomic E-state index is -1.04. The number of ether oxygens (including phenoxy) is 1. The molecule has 0 bridgehead atoms. The van der Waals surface area contributed by atoms with Gasteiger partial charge in [0.25, 0.3) is 5.91 Å². The zero-order valence-corrected chi connectivity index (χ0v) is 10.1. The molecule has 8 nitrogen and oxygen atoms in total. The molecule has 0 fully saturated rings. The minimum absolute atomic E-state index is 0.0803. The standard InChI is InChI=1S/C10H16N4O4/c1-2-3-7-12-9(14-13-7)10(17)11-4-5-18-6-8(15)16/h2-6H2,1H3,(H,11,17)(H,15,16)(H,12,13,14). The number of carboxylic acid groups (broad SMARTS) is 1. The van der Waals surface area contributed by atoms with E-state index in [1.165, 1.54) is 0 Å². The van der Waals surface area contributed by atoms with Gasteiger partial charge in [0.15, 0.2) is 0 Å². The molecular formula is C10H16N4O4. The Morgan fingerprint density at radius 1 is 1.50 bits per heavy atom. The van der Waals surface area contributed by atoms with Crippen molar-refractivity contribution in [2.75, 3.05) is 19.8 Å². The average molecular weight is 256 g/mol. The second kappa shape index (κ2) is 7.38. The molecule has 0 saturated heterocycles. The summed E-state index contributed by atoms with van der Waals surface area (Å²) in [5, 5.41) is 17.3. The van der Waals surface area contributed by atoms with Crippen LogP contribution in [0, 0.1) is 0 Å². The summed E-state index contributed by atoms with van der Waals surface area (Å²) < 4.78 is 4.76. The van der Waals surface area contributed by atoms with Crippen molar-refractivity contribution in [1.29, 1.82) is 0 Å². The lowest BCUT2D eigenvalue weighted by atomic mass is 10.3. The van der Waals surface area contributed by atoms with E-state index < -0.39 is 11.9 Å². The lowest BCUT2D eigenvalue weighted by Gasteiger charge is -2.02. The van der Waals surface area contributed by atoms with E-state index >= 15 is 0 Å². The molecule has 0 atom stereocenters. The topological polar surface area (TPSA) is 117 Å². The van der Waals surface area contributed by atoms with Crippen LogP contribution in [-0.4, -0.2) is 51.9 Å². The number of nitrogens with zero attached hydrogens (tertiary/aromatic N) is 2. The Bertz CT molecular complexity index is 404. The van der Waals surface area contributed by atoms with E-state index in [1.54, 1.807) is 0 Å². The van der Waals surface area contributed by atoms with Gasteiger partial charge in [-0.1, -0.05) is 6.92 Å². The quantitative estimate of drug-likeness (QED) is 0.544. The third-order valence-electron chi connectivity index (χ3n) is 1.98. The van der Waals surface area contributed by atoms with E-state index in [9.17, 15) is 9.59 Å². The Kier molecular flexibility index (Phi) is 5.78. The van der Waals surface area contributed by atoms with E-state index in [4.69, 9.17) is 9.84 Å². The summed E-state index contributed by atoms with van der Waals surface area (Å²) in [5.41, 5.74) is 0. The number of nitrogens with one attached hydrogen (secondary N) is 2. The first-order chi connectivity index (χ1) is 8.63. The van der Waals surface area contributed by atoms with Gasteiger partial charge in [0.2, 0.25) is 5.82 Å². The summed E-state index contributed by atoms with van der Waals surface area (Å²) in [6.45, 7) is 1.97. The van der Waals surface area contributed by atoms with Gasteiger partial charge in [-0.2, -0.15) is 0 Å². The maximum atomic E-state index is 11.5. The fraction of sp³-hybridized carbons (Fsp3) is 0.600.